The number of carbonyl (C=O) groups excluding carboxylic acids is 1. The lowest BCUT2D eigenvalue weighted by atomic mass is 10.3. The number of amides is 1. The highest BCUT2D eigenvalue weighted by Gasteiger charge is 2.30. The molecule has 0 aliphatic carbocycles. The van der Waals surface area contributed by atoms with Crippen molar-refractivity contribution >= 4 is 33.2 Å². The molecule has 10 heteroatoms. The van der Waals surface area contributed by atoms with E-state index >= 15 is 0 Å². The SMILES string of the molecule is O=C(COc1ccc(Cl)cc1S(=O)(=O)N1CCCC1)Nc1ccc(F)c(F)c1. The summed E-state index contributed by atoms with van der Waals surface area (Å²) in [6.45, 7) is 0.291. The Morgan fingerprint density at radius 3 is 2.50 bits per heavy atom. The number of anilines is 1. The first-order valence-electron chi connectivity index (χ1n) is 8.45. The Bertz CT molecular complexity index is 995. The zero-order valence-electron chi connectivity index (χ0n) is 14.6. The summed E-state index contributed by atoms with van der Waals surface area (Å²) in [6, 6.07) is 7.01. The molecular formula is C18H17ClF2N2O4S. The van der Waals surface area contributed by atoms with Crippen LogP contribution in [0.1, 0.15) is 12.8 Å². The molecule has 0 atom stereocenters. The lowest BCUT2D eigenvalue weighted by molar-refractivity contribution is -0.118. The van der Waals surface area contributed by atoms with Crippen LogP contribution in [-0.4, -0.2) is 38.3 Å². The minimum atomic E-state index is -3.81. The fraction of sp³-hybridized carbons (Fsp3) is 0.278. The third-order valence-corrected chi connectivity index (χ3v) is 6.31. The number of sulfonamides is 1. The van der Waals surface area contributed by atoms with E-state index in [0.717, 1.165) is 25.0 Å². The van der Waals surface area contributed by atoms with Crippen LogP contribution >= 0.6 is 11.6 Å². The highest BCUT2D eigenvalue weighted by Crippen LogP contribution is 2.31. The van der Waals surface area contributed by atoms with Gasteiger partial charge in [0.05, 0.1) is 0 Å². The largest absolute Gasteiger partial charge is 0.482 e. The van der Waals surface area contributed by atoms with Gasteiger partial charge in [0.2, 0.25) is 10.0 Å². The molecule has 1 fully saturated rings. The number of hydrogen-bond acceptors (Lipinski definition) is 4. The smallest absolute Gasteiger partial charge is 0.262 e. The number of halogens is 3. The van der Waals surface area contributed by atoms with E-state index in [2.05, 4.69) is 5.32 Å². The van der Waals surface area contributed by atoms with Crippen molar-refractivity contribution in [3.8, 4) is 5.75 Å². The molecule has 1 aliphatic rings. The molecule has 1 saturated heterocycles. The molecule has 0 spiro atoms. The van der Waals surface area contributed by atoms with Crippen molar-refractivity contribution in [2.45, 2.75) is 17.7 Å². The van der Waals surface area contributed by atoms with E-state index in [1.165, 1.54) is 28.6 Å². The topological polar surface area (TPSA) is 75.7 Å². The van der Waals surface area contributed by atoms with Gasteiger partial charge in [-0.3, -0.25) is 4.79 Å². The normalized spacial score (nSPS) is 14.8. The molecule has 1 heterocycles. The van der Waals surface area contributed by atoms with Gasteiger partial charge in [0, 0.05) is 29.9 Å². The van der Waals surface area contributed by atoms with Crippen molar-refractivity contribution in [3.63, 3.8) is 0 Å². The number of ether oxygens (including phenoxy) is 1. The summed E-state index contributed by atoms with van der Waals surface area (Å²) in [6.07, 6.45) is 1.54. The fourth-order valence-corrected chi connectivity index (χ4v) is 4.70. The maximum absolute atomic E-state index is 13.2. The third kappa shape index (κ3) is 4.60. The molecule has 28 heavy (non-hydrogen) atoms. The van der Waals surface area contributed by atoms with Crippen LogP contribution in [0.5, 0.6) is 5.75 Å². The van der Waals surface area contributed by atoms with Crippen molar-refractivity contribution in [2.24, 2.45) is 0 Å². The standard InChI is InChI=1S/C18H17ClF2N2O4S/c19-12-3-6-16(17(9-12)28(25,26)23-7-1-2-8-23)27-11-18(24)22-13-4-5-14(20)15(21)10-13/h3-6,9-10H,1-2,7-8,11H2,(H,22,24). The van der Waals surface area contributed by atoms with Gasteiger partial charge >= 0.3 is 0 Å². The maximum Gasteiger partial charge on any atom is 0.262 e. The first-order valence-corrected chi connectivity index (χ1v) is 10.3. The van der Waals surface area contributed by atoms with Crippen LogP contribution in [0.4, 0.5) is 14.5 Å². The van der Waals surface area contributed by atoms with E-state index in [1.807, 2.05) is 0 Å². The predicted octanol–water partition coefficient (Wildman–Crippen LogP) is 3.42. The summed E-state index contributed by atoms with van der Waals surface area (Å²) in [5.41, 5.74) is 0.0496. The van der Waals surface area contributed by atoms with Crippen molar-refractivity contribution in [1.82, 2.24) is 4.31 Å². The highest BCUT2D eigenvalue weighted by atomic mass is 35.5. The molecule has 1 aliphatic heterocycles. The molecule has 150 valence electrons. The molecular weight excluding hydrogens is 414 g/mol. The number of hydrogen-bond donors (Lipinski definition) is 1. The summed E-state index contributed by atoms with van der Waals surface area (Å²) in [5.74, 6) is -2.81. The summed E-state index contributed by atoms with van der Waals surface area (Å²) in [7, 11) is -3.81. The van der Waals surface area contributed by atoms with Gasteiger partial charge in [0.1, 0.15) is 10.6 Å². The summed E-state index contributed by atoms with van der Waals surface area (Å²) in [4.78, 5) is 11.9. The summed E-state index contributed by atoms with van der Waals surface area (Å²) in [5, 5.41) is 2.57. The summed E-state index contributed by atoms with van der Waals surface area (Å²) < 4.78 is 58.5. The number of benzene rings is 2. The van der Waals surface area contributed by atoms with Crippen LogP contribution in [0.15, 0.2) is 41.3 Å². The molecule has 6 nitrogen and oxygen atoms in total. The van der Waals surface area contributed by atoms with Gasteiger partial charge in [-0.25, -0.2) is 17.2 Å². The minimum Gasteiger partial charge on any atom is -0.482 e. The number of rotatable bonds is 6. The number of nitrogens with one attached hydrogen (secondary N) is 1. The van der Waals surface area contributed by atoms with Gasteiger partial charge in [-0.1, -0.05) is 11.6 Å². The molecule has 0 aromatic heterocycles. The zero-order chi connectivity index (χ0) is 20.3. The van der Waals surface area contributed by atoms with Crippen LogP contribution in [0.25, 0.3) is 0 Å². The van der Waals surface area contributed by atoms with Gasteiger partial charge in [-0.05, 0) is 43.2 Å². The van der Waals surface area contributed by atoms with E-state index < -0.39 is 34.2 Å². The van der Waals surface area contributed by atoms with E-state index in [4.69, 9.17) is 16.3 Å². The quantitative estimate of drug-likeness (QED) is 0.762. The molecule has 2 aromatic carbocycles. The molecule has 1 amide bonds. The average Bonchev–Trinajstić information content (AvgIpc) is 3.19. The number of carbonyl (C=O) groups is 1. The highest BCUT2D eigenvalue weighted by molar-refractivity contribution is 7.89. The Balaban J connectivity index is 1.73. The first-order chi connectivity index (χ1) is 13.3. The van der Waals surface area contributed by atoms with Crippen LogP contribution in [-0.2, 0) is 14.8 Å². The van der Waals surface area contributed by atoms with Crippen molar-refractivity contribution in [2.75, 3.05) is 25.0 Å². The van der Waals surface area contributed by atoms with Crippen molar-refractivity contribution < 1.29 is 26.7 Å². The lowest BCUT2D eigenvalue weighted by Gasteiger charge is -2.18. The number of nitrogens with zero attached hydrogens (tertiary/aromatic N) is 1. The fourth-order valence-electron chi connectivity index (χ4n) is 2.78. The van der Waals surface area contributed by atoms with Gasteiger partial charge in [-0.15, -0.1) is 0 Å². The van der Waals surface area contributed by atoms with Crippen molar-refractivity contribution in [1.29, 1.82) is 0 Å². The lowest BCUT2D eigenvalue weighted by Crippen LogP contribution is -2.28. The van der Waals surface area contributed by atoms with Gasteiger partial charge < -0.3 is 10.1 Å². The maximum atomic E-state index is 13.2. The second kappa shape index (κ2) is 8.42. The van der Waals surface area contributed by atoms with Crippen LogP contribution in [0, 0.1) is 11.6 Å². The second-order valence-corrected chi connectivity index (χ2v) is 8.51. The van der Waals surface area contributed by atoms with Gasteiger partial charge in [0.15, 0.2) is 18.2 Å². The monoisotopic (exact) mass is 430 g/mol. The molecule has 2 aromatic rings. The van der Waals surface area contributed by atoms with E-state index in [-0.39, 0.29) is 21.4 Å². The Kier molecular flexibility index (Phi) is 6.17. The molecule has 0 bridgehead atoms. The van der Waals surface area contributed by atoms with Gasteiger partial charge in [-0.2, -0.15) is 4.31 Å². The van der Waals surface area contributed by atoms with Crippen LogP contribution < -0.4 is 10.1 Å². The summed E-state index contributed by atoms with van der Waals surface area (Å²) >= 11 is 5.94. The average molecular weight is 431 g/mol. The predicted molar refractivity (Wildman–Crippen MR) is 99.9 cm³/mol. The third-order valence-electron chi connectivity index (χ3n) is 4.15. The molecule has 3 rings (SSSR count). The Morgan fingerprint density at radius 2 is 1.82 bits per heavy atom. The van der Waals surface area contributed by atoms with Crippen molar-refractivity contribution in [3.05, 3.63) is 53.1 Å². The van der Waals surface area contributed by atoms with Gasteiger partial charge in [0.25, 0.3) is 5.91 Å². The molecule has 0 radical (unpaired) electrons. The van der Waals surface area contributed by atoms with Crippen LogP contribution in [0.3, 0.4) is 0 Å². The van der Waals surface area contributed by atoms with E-state index in [0.29, 0.717) is 13.1 Å². The van der Waals surface area contributed by atoms with E-state index in [9.17, 15) is 22.0 Å². The Labute approximate surface area is 166 Å². The Morgan fingerprint density at radius 1 is 1.11 bits per heavy atom. The molecule has 1 N–H and O–H groups in total. The molecule has 0 unspecified atom stereocenters. The minimum absolute atomic E-state index is 0.0169. The first kappa shape index (κ1) is 20.5. The molecule has 0 saturated carbocycles. The van der Waals surface area contributed by atoms with E-state index in [1.54, 1.807) is 0 Å². The zero-order valence-corrected chi connectivity index (χ0v) is 16.2. The Hall–Kier alpha value is -2.23. The van der Waals surface area contributed by atoms with Crippen LogP contribution in [0.2, 0.25) is 5.02 Å². The second-order valence-electron chi connectivity index (χ2n) is 6.17.